The Kier molecular flexibility index (Phi) is 7.58. The number of aryl methyl sites for hydroxylation is 2. The van der Waals surface area contributed by atoms with Crippen molar-refractivity contribution in [3.8, 4) is 11.5 Å². The molecule has 2 aromatic rings. The SMILES string of the molecule is CCc1cc2c(c(C3(C)CCCCC3)c1)OP(=O)(CC)Oc1c(cc(CC)cc1C1(C)CCCCC1)C2. The van der Waals surface area contributed by atoms with E-state index in [1.165, 1.54) is 71.9 Å². The van der Waals surface area contributed by atoms with Crippen molar-refractivity contribution in [2.75, 3.05) is 6.16 Å². The molecule has 0 saturated heterocycles. The van der Waals surface area contributed by atoms with Crippen LogP contribution in [0.25, 0.3) is 0 Å². The maximum atomic E-state index is 14.4. The first-order valence-electron chi connectivity index (χ1n) is 15.0. The van der Waals surface area contributed by atoms with Gasteiger partial charge in [-0.2, -0.15) is 0 Å². The minimum Gasteiger partial charge on any atom is -0.415 e. The molecule has 0 N–H and O–H groups in total. The van der Waals surface area contributed by atoms with Crippen LogP contribution in [0.15, 0.2) is 24.3 Å². The van der Waals surface area contributed by atoms with Crippen LogP contribution in [0.2, 0.25) is 0 Å². The van der Waals surface area contributed by atoms with Gasteiger partial charge in [-0.05, 0) is 71.6 Å². The molecule has 3 nitrogen and oxygen atoms in total. The first kappa shape index (κ1) is 26.9. The third-order valence-corrected chi connectivity index (χ3v) is 11.4. The molecule has 2 aromatic carbocycles. The number of rotatable bonds is 5. The van der Waals surface area contributed by atoms with Crippen LogP contribution in [0.4, 0.5) is 0 Å². The lowest BCUT2D eigenvalue weighted by Crippen LogP contribution is -2.28. The fraction of sp³-hybridized carbons (Fsp3) is 0.636. The van der Waals surface area contributed by atoms with Gasteiger partial charge >= 0.3 is 7.60 Å². The summed E-state index contributed by atoms with van der Waals surface area (Å²) in [6, 6.07) is 9.34. The molecule has 0 unspecified atom stereocenters. The largest absolute Gasteiger partial charge is 0.430 e. The lowest BCUT2D eigenvalue weighted by molar-refractivity contribution is 0.301. The summed E-state index contributed by atoms with van der Waals surface area (Å²) < 4.78 is 27.7. The van der Waals surface area contributed by atoms with Crippen LogP contribution in [0.5, 0.6) is 11.5 Å². The van der Waals surface area contributed by atoms with Gasteiger partial charge in [0, 0.05) is 17.5 Å². The molecule has 0 amide bonds. The van der Waals surface area contributed by atoms with Crippen LogP contribution >= 0.6 is 7.60 Å². The summed E-state index contributed by atoms with van der Waals surface area (Å²) in [5, 5.41) is 0. The second-order valence-electron chi connectivity index (χ2n) is 12.5. The van der Waals surface area contributed by atoms with E-state index in [4.69, 9.17) is 9.05 Å². The van der Waals surface area contributed by atoms with E-state index in [0.29, 0.717) is 6.16 Å². The van der Waals surface area contributed by atoms with Crippen LogP contribution < -0.4 is 9.05 Å². The highest BCUT2D eigenvalue weighted by atomic mass is 31.2. The zero-order valence-corrected chi connectivity index (χ0v) is 24.8. The molecule has 2 saturated carbocycles. The van der Waals surface area contributed by atoms with Gasteiger partial charge in [0.05, 0.1) is 6.16 Å². The zero-order valence-electron chi connectivity index (χ0n) is 23.9. The monoisotopic (exact) mass is 522 g/mol. The van der Waals surface area contributed by atoms with E-state index in [0.717, 1.165) is 56.4 Å². The molecule has 0 bridgehead atoms. The van der Waals surface area contributed by atoms with Crippen LogP contribution in [-0.4, -0.2) is 6.16 Å². The molecule has 4 heteroatoms. The number of hydrogen-bond acceptors (Lipinski definition) is 3. The predicted molar refractivity (Wildman–Crippen MR) is 155 cm³/mol. The lowest BCUT2D eigenvalue weighted by Gasteiger charge is -2.39. The van der Waals surface area contributed by atoms with Crippen LogP contribution in [0.3, 0.4) is 0 Å². The maximum Gasteiger partial charge on any atom is 0.430 e. The van der Waals surface area contributed by atoms with Crippen molar-refractivity contribution in [2.24, 2.45) is 0 Å². The van der Waals surface area contributed by atoms with E-state index in [2.05, 4.69) is 52.0 Å². The van der Waals surface area contributed by atoms with Crippen molar-refractivity contribution >= 4 is 7.60 Å². The van der Waals surface area contributed by atoms with E-state index >= 15 is 0 Å². The second kappa shape index (κ2) is 10.4. The van der Waals surface area contributed by atoms with E-state index in [9.17, 15) is 4.57 Å². The van der Waals surface area contributed by atoms with Gasteiger partial charge in [0.15, 0.2) is 0 Å². The van der Waals surface area contributed by atoms with Crippen molar-refractivity contribution in [3.63, 3.8) is 0 Å². The van der Waals surface area contributed by atoms with E-state index in [1.54, 1.807) is 0 Å². The van der Waals surface area contributed by atoms with Crippen LogP contribution in [-0.2, 0) is 34.7 Å². The van der Waals surface area contributed by atoms with E-state index in [-0.39, 0.29) is 10.8 Å². The summed E-state index contributed by atoms with van der Waals surface area (Å²) in [5.41, 5.74) is 7.70. The fourth-order valence-corrected chi connectivity index (χ4v) is 8.41. The molecule has 202 valence electrons. The summed E-state index contributed by atoms with van der Waals surface area (Å²) in [6.45, 7) is 11.2. The number of fused-ring (bicyclic) bond motifs is 2. The molecule has 1 heterocycles. The quantitative estimate of drug-likeness (QED) is 0.367. The molecule has 37 heavy (non-hydrogen) atoms. The summed E-state index contributed by atoms with van der Waals surface area (Å²) >= 11 is 0. The molecule has 2 aliphatic carbocycles. The van der Waals surface area contributed by atoms with Gasteiger partial charge in [0.2, 0.25) is 0 Å². The van der Waals surface area contributed by atoms with Crippen molar-refractivity contribution in [3.05, 3.63) is 57.6 Å². The highest BCUT2D eigenvalue weighted by Gasteiger charge is 2.40. The molecule has 3 aliphatic rings. The first-order chi connectivity index (χ1) is 17.7. The molecule has 1 aliphatic heterocycles. The summed E-state index contributed by atoms with van der Waals surface area (Å²) in [5.74, 6) is 1.70. The Balaban J connectivity index is 1.73. The Labute approximate surface area is 225 Å². The summed E-state index contributed by atoms with van der Waals surface area (Å²) in [7, 11) is -3.39. The van der Waals surface area contributed by atoms with Crippen molar-refractivity contribution in [1.29, 1.82) is 0 Å². The Morgan fingerprint density at radius 3 is 1.43 bits per heavy atom. The standard InChI is InChI=1S/C33H47O3P/c1-6-24-19-26-23-27-20-25(7-2)22-29(33(5)17-13-10-14-18-33)31(27)36-37(34,8-3)35-30(26)28(21-24)32(4)15-11-9-12-16-32/h19-22H,6-18,23H2,1-5H3. The molecule has 2 fully saturated rings. The molecule has 0 spiro atoms. The Hall–Kier alpha value is -1.73. The van der Waals surface area contributed by atoms with Gasteiger partial charge in [0.1, 0.15) is 11.5 Å². The van der Waals surface area contributed by atoms with E-state index in [1.807, 2.05) is 6.92 Å². The molecular weight excluding hydrogens is 475 g/mol. The van der Waals surface area contributed by atoms with Crippen molar-refractivity contribution < 1.29 is 13.6 Å². The first-order valence-corrected chi connectivity index (χ1v) is 16.8. The van der Waals surface area contributed by atoms with Gasteiger partial charge in [-0.3, -0.25) is 0 Å². The van der Waals surface area contributed by atoms with Crippen molar-refractivity contribution in [1.82, 2.24) is 0 Å². The topological polar surface area (TPSA) is 35.5 Å². The van der Waals surface area contributed by atoms with Crippen LogP contribution in [0.1, 0.15) is 132 Å². The normalized spacial score (nSPS) is 22.0. The van der Waals surface area contributed by atoms with Gasteiger partial charge in [-0.25, -0.2) is 4.57 Å². The van der Waals surface area contributed by atoms with Gasteiger partial charge in [-0.1, -0.05) is 97.4 Å². The zero-order chi connectivity index (χ0) is 26.3. The minimum atomic E-state index is -3.39. The van der Waals surface area contributed by atoms with Gasteiger partial charge < -0.3 is 9.05 Å². The second-order valence-corrected chi connectivity index (χ2v) is 14.7. The Bertz CT molecular complexity index is 1100. The lowest BCUT2D eigenvalue weighted by atomic mass is 9.69. The molecular formula is C33H47O3P. The average molecular weight is 523 g/mol. The Morgan fingerprint density at radius 2 is 1.08 bits per heavy atom. The third-order valence-electron chi connectivity index (χ3n) is 9.71. The molecule has 0 aromatic heterocycles. The van der Waals surface area contributed by atoms with E-state index < -0.39 is 7.60 Å². The van der Waals surface area contributed by atoms with Crippen molar-refractivity contribution in [2.45, 2.75) is 129 Å². The fourth-order valence-electron chi connectivity index (χ4n) is 7.13. The number of hydrogen-bond donors (Lipinski definition) is 0. The highest BCUT2D eigenvalue weighted by Crippen LogP contribution is 2.58. The third kappa shape index (κ3) is 5.15. The predicted octanol–water partition coefficient (Wildman–Crippen LogP) is 9.83. The van der Waals surface area contributed by atoms with Gasteiger partial charge in [0.25, 0.3) is 0 Å². The Morgan fingerprint density at radius 1 is 0.676 bits per heavy atom. The van der Waals surface area contributed by atoms with Gasteiger partial charge in [-0.15, -0.1) is 0 Å². The molecule has 0 radical (unpaired) electrons. The summed E-state index contributed by atoms with van der Waals surface area (Å²) in [4.78, 5) is 0. The number of benzene rings is 2. The smallest absolute Gasteiger partial charge is 0.415 e. The minimum absolute atomic E-state index is 0.0557. The average Bonchev–Trinajstić information content (AvgIpc) is 2.90. The molecule has 0 atom stereocenters. The maximum absolute atomic E-state index is 14.4. The summed E-state index contributed by atoms with van der Waals surface area (Å²) in [6.07, 6.45) is 15.3. The molecule has 5 rings (SSSR count). The highest BCUT2D eigenvalue weighted by molar-refractivity contribution is 7.54. The van der Waals surface area contributed by atoms with Crippen LogP contribution in [0, 0.1) is 0 Å².